The molecule has 1 saturated heterocycles. The van der Waals surface area contributed by atoms with Crippen LogP contribution in [0.5, 0.6) is 5.75 Å². The van der Waals surface area contributed by atoms with Crippen LogP contribution < -0.4 is 4.74 Å². The minimum Gasteiger partial charge on any atom is -0.491 e. The predicted octanol–water partition coefficient (Wildman–Crippen LogP) is 3.18. The number of rotatable bonds is 7. The third-order valence-corrected chi connectivity index (χ3v) is 3.63. The number of aliphatic hydroxyl groups is 1. The molecule has 2 rings (SSSR count). The average molecular weight is 322 g/mol. The van der Waals surface area contributed by atoms with E-state index in [1.54, 1.807) is 0 Å². The molecule has 0 radical (unpaired) electrons. The molecule has 128 valence electrons. The molecule has 2 unspecified atom stereocenters. The molecule has 0 bridgehead atoms. The Bertz CT molecular complexity index is 501. The molecule has 1 fully saturated rings. The van der Waals surface area contributed by atoms with E-state index in [9.17, 15) is 0 Å². The van der Waals surface area contributed by atoms with Crippen molar-refractivity contribution in [1.29, 1.82) is 0 Å². The third kappa shape index (κ3) is 5.04. The Morgan fingerprint density at radius 2 is 2.09 bits per heavy atom. The van der Waals surface area contributed by atoms with Crippen molar-refractivity contribution in [2.45, 2.75) is 39.1 Å². The van der Waals surface area contributed by atoms with Crippen LogP contribution >= 0.6 is 0 Å². The highest BCUT2D eigenvalue weighted by atomic mass is 17.2. The zero-order chi connectivity index (χ0) is 16.9. The van der Waals surface area contributed by atoms with Gasteiger partial charge in [0.15, 0.2) is 5.79 Å². The molecular formula is C18H26O5. The van der Waals surface area contributed by atoms with Crippen LogP contribution in [0.4, 0.5) is 0 Å². The van der Waals surface area contributed by atoms with Crippen LogP contribution in [-0.2, 0) is 14.5 Å². The molecule has 1 aromatic carbocycles. The molecule has 0 aliphatic carbocycles. The molecule has 0 spiro atoms. The van der Waals surface area contributed by atoms with Crippen LogP contribution in [0.2, 0.25) is 0 Å². The number of ether oxygens (including phenoxy) is 2. The van der Waals surface area contributed by atoms with Crippen molar-refractivity contribution in [3.05, 3.63) is 36.4 Å². The molecule has 2 atom stereocenters. The van der Waals surface area contributed by atoms with Crippen molar-refractivity contribution in [3.63, 3.8) is 0 Å². The van der Waals surface area contributed by atoms with Gasteiger partial charge in [-0.2, -0.15) is 0 Å². The Labute approximate surface area is 137 Å². The third-order valence-electron chi connectivity index (χ3n) is 3.63. The maximum Gasteiger partial charge on any atom is 0.199 e. The first-order valence-electron chi connectivity index (χ1n) is 7.95. The van der Waals surface area contributed by atoms with Crippen molar-refractivity contribution < 1.29 is 24.4 Å². The second-order valence-electron chi connectivity index (χ2n) is 6.33. The Balaban J connectivity index is 1.92. The van der Waals surface area contributed by atoms with Gasteiger partial charge in [0.05, 0.1) is 13.2 Å². The van der Waals surface area contributed by atoms with Gasteiger partial charge >= 0.3 is 0 Å². The zero-order valence-electron chi connectivity index (χ0n) is 14.1. The zero-order valence-corrected chi connectivity index (χ0v) is 14.1. The summed E-state index contributed by atoms with van der Waals surface area (Å²) in [5, 5.41) is 8.75. The van der Waals surface area contributed by atoms with E-state index in [-0.39, 0.29) is 19.3 Å². The van der Waals surface area contributed by atoms with Gasteiger partial charge in [-0.3, -0.25) is 0 Å². The summed E-state index contributed by atoms with van der Waals surface area (Å²) in [7, 11) is 0. The van der Waals surface area contributed by atoms with Crippen LogP contribution in [-0.4, -0.2) is 36.8 Å². The highest BCUT2D eigenvalue weighted by molar-refractivity contribution is 5.67. The molecule has 5 nitrogen and oxygen atoms in total. The normalized spacial score (nSPS) is 24.7. The molecule has 5 heteroatoms. The molecular weight excluding hydrogens is 296 g/mol. The fourth-order valence-electron chi connectivity index (χ4n) is 2.57. The summed E-state index contributed by atoms with van der Waals surface area (Å²) in [5.41, 5.74) is 1.73. The van der Waals surface area contributed by atoms with E-state index in [1.165, 1.54) is 0 Å². The molecule has 23 heavy (non-hydrogen) atoms. The summed E-state index contributed by atoms with van der Waals surface area (Å²) in [4.78, 5) is 11.0. The Hall–Kier alpha value is -1.40. The van der Waals surface area contributed by atoms with Crippen LogP contribution in [0.15, 0.2) is 30.8 Å². The molecule has 0 amide bonds. The summed E-state index contributed by atoms with van der Waals surface area (Å²) < 4.78 is 11.2. The van der Waals surface area contributed by atoms with E-state index in [0.29, 0.717) is 18.3 Å². The van der Waals surface area contributed by atoms with Gasteiger partial charge in [-0.1, -0.05) is 32.6 Å². The van der Waals surface area contributed by atoms with E-state index in [0.717, 1.165) is 17.6 Å². The lowest BCUT2D eigenvalue weighted by atomic mass is 10.0. The Kier molecular flexibility index (Phi) is 6.18. The van der Waals surface area contributed by atoms with E-state index >= 15 is 0 Å². The van der Waals surface area contributed by atoms with Gasteiger partial charge in [-0.25, -0.2) is 9.78 Å². The second-order valence-corrected chi connectivity index (χ2v) is 6.33. The molecule has 1 heterocycles. The van der Waals surface area contributed by atoms with Crippen LogP contribution in [0.1, 0.15) is 32.8 Å². The lowest BCUT2D eigenvalue weighted by Gasteiger charge is -2.37. The van der Waals surface area contributed by atoms with Crippen molar-refractivity contribution >= 4 is 5.57 Å². The van der Waals surface area contributed by atoms with E-state index in [4.69, 9.17) is 24.4 Å². The van der Waals surface area contributed by atoms with Crippen LogP contribution in [0, 0.1) is 5.92 Å². The summed E-state index contributed by atoms with van der Waals surface area (Å²) in [5.74, 6) is 0.458. The summed E-state index contributed by atoms with van der Waals surface area (Å²) >= 11 is 0. The topological polar surface area (TPSA) is 57.2 Å². The molecule has 1 aliphatic heterocycles. The predicted molar refractivity (Wildman–Crippen MR) is 87.8 cm³/mol. The Morgan fingerprint density at radius 3 is 2.61 bits per heavy atom. The average Bonchev–Trinajstić information content (AvgIpc) is 2.52. The molecule has 1 N–H and O–H groups in total. The monoisotopic (exact) mass is 322 g/mol. The number of benzene rings is 1. The number of hydrogen-bond donors (Lipinski definition) is 1. The standard InChI is InChI=1S/C18H26O5/c1-13(2)11-18(4)21-12-17(22-23-18)14(3)15-5-7-16(8-6-15)20-10-9-19/h5-8,13,17,19H,3,9-12H2,1-2,4H3. The largest absolute Gasteiger partial charge is 0.491 e. The minimum absolute atomic E-state index is 0.00576. The SMILES string of the molecule is C=C(c1ccc(OCCO)cc1)C1COC(C)(CC(C)C)OO1. The first kappa shape index (κ1) is 17.9. The molecule has 1 aliphatic rings. The van der Waals surface area contributed by atoms with Gasteiger partial charge in [0, 0.05) is 6.42 Å². The van der Waals surface area contributed by atoms with Crippen LogP contribution in [0.3, 0.4) is 0 Å². The van der Waals surface area contributed by atoms with Gasteiger partial charge in [0.2, 0.25) is 0 Å². The maximum absolute atomic E-state index is 8.75. The lowest BCUT2D eigenvalue weighted by molar-refractivity contribution is -0.475. The fourth-order valence-corrected chi connectivity index (χ4v) is 2.57. The van der Waals surface area contributed by atoms with Gasteiger partial charge in [-0.15, -0.1) is 0 Å². The maximum atomic E-state index is 8.75. The first-order chi connectivity index (χ1) is 10.9. The number of hydrogen-bond acceptors (Lipinski definition) is 5. The van der Waals surface area contributed by atoms with Gasteiger partial charge in [-0.05, 0) is 36.1 Å². The van der Waals surface area contributed by atoms with E-state index < -0.39 is 5.79 Å². The van der Waals surface area contributed by atoms with Crippen molar-refractivity contribution in [2.75, 3.05) is 19.8 Å². The van der Waals surface area contributed by atoms with Gasteiger partial charge in [0.1, 0.15) is 18.5 Å². The fraction of sp³-hybridized carbons (Fsp3) is 0.556. The van der Waals surface area contributed by atoms with Crippen molar-refractivity contribution in [2.24, 2.45) is 5.92 Å². The molecule has 1 aromatic rings. The van der Waals surface area contributed by atoms with Crippen molar-refractivity contribution in [1.82, 2.24) is 0 Å². The quantitative estimate of drug-likeness (QED) is 0.781. The molecule has 0 saturated carbocycles. The van der Waals surface area contributed by atoms with Gasteiger partial charge < -0.3 is 14.6 Å². The summed E-state index contributed by atoms with van der Waals surface area (Å²) in [6, 6.07) is 7.48. The van der Waals surface area contributed by atoms with Gasteiger partial charge in [0.25, 0.3) is 0 Å². The summed E-state index contributed by atoms with van der Waals surface area (Å²) in [6.45, 7) is 10.9. The minimum atomic E-state index is -0.701. The smallest absolute Gasteiger partial charge is 0.199 e. The lowest BCUT2D eigenvalue weighted by Crippen LogP contribution is -2.44. The highest BCUT2D eigenvalue weighted by Gasteiger charge is 2.36. The van der Waals surface area contributed by atoms with E-state index in [2.05, 4.69) is 20.4 Å². The van der Waals surface area contributed by atoms with E-state index in [1.807, 2.05) is 31.2 Å². The van der Waals surface area contributed by atoms with Crippen molar-refractivity contribution in [3.8, 4) is 5.75 Å². The number of aliphatic hydroxyl groups excluding tert-OH is 1. The summed E-state index contributed by atoms with van der Waals surface area (Å²) in [6.07, 6.45) is 0.433. The highest BCUT2D eigenvalue weighted by Crippen LogP contribution is 2.31. The molecule has 0 aromatic heterocycles. The first-order valence-corrected chi connectivity index (χ1v) is 7.95. The van der Waals surface area contributed by atoms with Crippen LogP contribution in [0.25, 0.3) is 5.57 Å². The second kappa shape index (κ2) is 7.93. The Morgan fingerprint density at radius 1 is 1.39 bits per heavy atom.